The first-order valence-electron chi connectivity index (χ1n) is 8.94. The smallest absolute Gasteiger partial charge is 0.306 e. The lowest BCUT2D eigenvalue weighted by Gasteiger charge is -2.26. The highest BCUT2D eigenvalue weighted by molar-refractivity contribution is 5.90. The van der Waals surface area contributed by atoms with E-state index in [9.17, 15) is 24.5 Å². The summed E-state index contributed by atoms with van der Waals surface area (Å²) >= 11 is 0. The van der Waals surface area contributed by atoms with Gasteiger partial charge >= 0.3 is 5.97 Å². The first kappa shape index (κ1) is 21.3. The third kappa shape index (κ3) is 5.49. The van der Waals surface area contributed by atoms with Crippen molar-refractivity contribution in [3.8, 4) is 0 Å². The average molecular weight is 393 g/mol. The molecule has 3 atom stereocenters. The Bertz CT molecular complexity index is 729. The van der Waals surface area contributed by atoms with Crippen LogP contribution < -0.4 is 11.1 Å². The minimum Gasteiger partial charge on any atom is -0.466 e. The maximum Gasteiger partial charge on any atom is 0.306 e. The molecule has 2 rings (SSSR count). The molecule has 0 radical (unpaired) electrons. The van der Waals surface area contributed by atoms with Gasteiger partial charge in [-0.3, -0.25) is 24.5 Å². The Morgan fingerprint density at radius 2 is 2.04 bits per heavy atom. The van der Waals surface area contributed by atoms with Crippen LogP contribution in [-0.2, 0) is 23.9 Å². The first-order valence-corrected chi connectivity index (χ1v) is 8.94. The van der Waals surface area contributed by atoms with Crippen LogP contribution in [0.15, 0.2) is 24.3 Å². The zero-order chi connectivity index (χ0) is 20.7. The van der Waals surface area contributed by atoms with Crippen LogP contribution >= 0.6 is 0 Å². The van der Waals surface area contributed by atoms with Crippen molar-refractivity contribution >= 4 is 23.5 Å². The number of hydrogen-bond donors (Lipinski definition) is 2. The molecule has 10 nitrogen and oxygen atoms in total. The van der Waals surface area contributed by atoms with Crippen LogP contribution in [-0.4, -0.2) is 48.1 Å². The summed E-state index contributed by atoms with van der Waals surface area (Å²) in [5.74, 6) is -2.75. The number of non-ortho nitro benzene ring substituents is 1. The first-order chi connectivity index (χ1) is 13.3. The lowest BCUT2D eigenvalue weighted by Crippen LogP contribution is -2.51. The van der Waals surface area contributed by atoms with E-state index < -0.39 is 40.8 Å². The van der Waals surface area contributed by atoms with Gasteiger partial charge in [0.15, 0.2) is 0 Å². The van der Waals surface area contributed by atoms with Gasteiger partial charge in [-0.15, -0.1) is 0 Å². The highest BCUT2D eigenvalue weighted by Crippen LogP contribution is 2.27. The maximum atomic E-state index is 12.4. The molecule has 1 aromatic rings. The van der Waals surface area contributed by atoms with Crippen molar-refractivity contribution in [1.82, 2.24) is 5.32 Å². The highest BCUT2D eigenvalue weighted by Gasteiger charge is 2.34. The number of primary amides is 1. The number of esters is 1. The van der Waals surface area contributed by atoms with Gasteiger partial charge in [0, 0.05) is 24.7 Å². The van der Waals surface area contributed by atoms with Gasteiger partial charge in [0.2, 0.25) is 11.8 Å². The number of nitrogens with one attached hydrogen (secondary N) is 1. The van der Waals surface area contributed by atoms with Crippen molar-refractivity contribution in [1.29, 1.82) is 0 Å². The van der Waals surface area contributed by atoms with Crippen molar-refractivity contribution in [3.63, 3.8) is 0 Å². The number of amides is 2. The number of nitrogens with two attached hydrogens (primary N) is 1. The molecule has 1 aromatic carbocycles. The maximum absolute atomic E-state index is 12.4. The van der Waals surface area contributed by atoms with Gasteiger partial charge in [-0.2, -0.15) is 0 Å². The summed E-state index contributed by atoms with van der Waals surface area (Å²) < 4.78 is 10.3. The van der Waals surface area contributed by atoms with Crippen molar-refractivity contribution < 1.29 is 28.8 Å². The van der Waals surface area contributed by atoms with E-state index in [0.29, 0.717) is 18.6 Å². The van der Waals surface area contributed by atoms with E-state index in [0.717, 1.165) is 6.42 Å². The van der Waals surface area contributed by atoms with E-state index in [2.05, 4.69) is 5.32 Å². The predicted molar refractivity (Wildman–Crippen MR) is 97.2 cm³/mol. The van der Waals surface area contributed by atoms with Gasteiger partial charge in [0.05, 0.1) is 18.0 Å². The Morgan fingerprint density at radius 1 is 1.36 bits per heavy atom. The minimum atomic E-state index is -1.21. The van der Waals surface area contributed by atoms with E-state index in [1.54, 1.807) is 6.92 Å². The molecule has 0 saturated carbocycles. The average Bonchev–Trinajstić information content (AvgIpc) is 3.19. The molecule has 0 aromatic heterocycles. The second-order valence-electron chi connectivity index (χ2n) is 6.35. The summed E-state index contributed by atoms with van der Waals surface area (Å²) in [6, 6.07) is 4.16. The van der Waals surface area contributed by atoms with Crippen LogP contribution in [0, 0.1) is 10.1 Å². The van der Waals surface area contributed by atoms with Crippen LogP contribution in [0.25, 0.3) is 0 Å². The molecule has 0 aliphatic carbocycles. The Balaban J connectivity index is 2.29. The topological polar surface area (TPSA) is 151 Å². The summed E-state index contributed by atoms with van der Waals surface area (Å²) in [5.41, 5.74) is 5.79. The molecule has 0 unspecified atom stereocenters. The molecule has 1 fully saturated rings. The van der Waals surface area contributed by atoms with Gasteiger partial charge in [-0.25, -0.2) is 0 Å². The zero-order valence-corrected chi connectivity index (χ0v) is 15.5. The predicted octanol–water partition coefficient (Wildman–Crippen LogP) is 0.781. The van der Waals surface area contributed by atoms with Gasteiger partial charge in [-0.1, -0.05) is 12.1 Å². The second-order valence-corrected chi connectivity index (χ2v) is 6.35. The summed E-state index contributed by atoms with van der Waals surface area (Å²) in [7, 11) is 0. The molecule has 2 amide bonds. The fourth-order valence-electron chi connectivity index (χ4n) is 3.07. The summed E-state index contributed by atoms with van der Waals surface area (Å²) in [4.78, 5) is 46.8. The van der Waals surface area contributed by atoms with Crippen LogP contribution in [0.4, 0.5) is 5.69 Å². The van der Waals surface area contributed by atoms with E-state index in [1.165, 1.54) is 24.3 Å². The van der Waals surface area contributed by atoms with E-state index >= 15 is 0 Å². The van der Waals surface area contributed by atoms with Crippen LogP contribution in [0.3, 0.4) is 0 Å². The second kappa shape index (κ2) is 9.79. The zero-order valence-electron chi connectivity index (χ0n) is 15.5. The molecular weight excluding hydrogens is 370 g/mol. The third-order valence-corrected chi connectivity index (χ3v) is 4.45. The lowest BCUT2D eigenvalue weighted by atomic mass is 9.87. The Hall–Kier alpha value is -3.01. The van der Waals surface area contributed by atoms with Crippen molar-refractivity contribution in [2.45, 2.75) is 44.2 Å². The SMILES string of the molecule is CCOC(=O)C[C@H](c1ccc([N+](=O)[O-])cc1)[C@H](NC(=O)[C@@H]1CCCO1)C(N)=O. The molecular formula is C18H23N3O7. The van der Waals surface area contributed by atoms with Gasteiger partial charge in [0.1, 0.15) is 12.1 Å². The summed E-state index contributed by atoms with van der Waals surface area (Å²) in [5, 5.41) is 13.4. The van der Waals surface area contributed by atoms with Crippen LogP contribution in [0.2, 0.25) is 0 Å². The molecule has 1 aliphatic heterocycles. The Labute approximate surface area is 161 Å². The Morgan fingerprint density at radius 3 is 2.54 bits per heavy atom. The number of nitrogens with zero attached hydrogens (tertiary/aromatic N) is 1. The van der Waals surface area contributed by atoms with E-state index in [1.807, 2.05) is 0 Å². The van der Waals surface area contributed by atoms with Crippen molar-refractivity contribution in [2.24, 2.45) is 5.73 Å². The molecule has 1 heterocycles. The van der Waals surface area contributed by atoms with Gasteiger partial charge in [-0.05, 0) is 25.3 Å². The fraction of sp³-hybridized carbons (Fsp3) is 0.500. The standard InChI is InChI=1S/C18H23N3O7/c1-2-27-15(22)10-13(11-5-7-12(8-6-11)21(25)26)16(17(19)23)20-18(24)14-4-3-9-28-14/h5-8,13-14,16H,2-4,9-10H2,1H3,(H2,19,23)(H,20,24)/t13-,14+,16+/m1/s1. The molecule has 10 heteroatoms. The number of carbonyl (C=O) groups excluding carboxylic acids is 3. The molecule has 1 aliphatic rings. The molecule has 1 saturated heterocycles. The number of nitro groups is 1. The normalized spacial score (nSPS) is 18.1. The third-order valence-electron chi connectivity index (χ3n) is 4.45. The summed E-state index contributed by atoms with van der Waals surface area (Å²) in [6.45, 7) is 2.24. The number of carbonyl (C=O) groups is 3. The van der Waals surface area contributed by atoms with Gasteiger partial charge in [0.25, 0.3) is 5.69 Å². The quantitative estimate of drug-likeness (QED) is 0.357. The van der Waals surface area contributed by atoms with Crippen molar-refractivity contribution in [2.75, 3.05) is 13.2 Å². The molecule has 0 spiro atoms. The molecule has 3 N–H and O–H groups in total. The number of rotatable bonds is 9. The monoisotopic (exact) mass is 393 g/mol. The largest absolute Gasteiger partial charge is 0.466 e. The number of nitro benzene ring substituents is 1. The lowest BCUT2D eigenvalue weighted by molar-refractivity contribution is -0.384. The van der Waals surface area contributed by atoms with Crippen LogP contribution in [0.1, 0.15) is 37.7 Å². The fourth-order valence-corrected chi connectivity index (χ4v) is 3.07. The number of ether oxygens (including phenoxy) is 2. The van der Waals surface area contributed by atoms with E-state index in [-0.39, 0.29) is 18.7 Å². The highest BCUT2D eigenvalue weighted by atomic mass is 16.6. The summed E-state index contributed by atoms with van der Waals surface area (Å²) in [6.07, 6.45) is 0.345. The van der Waals surface area contributed by atoms with Crippen LogP contribution in [0.5, 0.6) is 0 Å². The number of benzene rings is 1. The minimum absolute atomic E-state index is 0.141. The van der Waals surface area contributed by atoms with Crippen molar-refractivity contribution in [3.05, 3.63) is 39.9 Å². The molecule has 0 bridgehead atoms. The Kier molecular flexibility index (Phi) is 7.44. The van der Waals surface area contributed by atoms with Gasteiger partial charge < -0.3 is 20.5 Å². The van der Waals surface area contributed by atoms with E-state index in [4.69, 9.17) is 15.2 Å². The molecule has 28 heavy (non-hydrogen) atoms. The number of hydrogen-bond acceptors (Lipinski definition) is 7. The molecule has 152 valence electrons.